The fraction of sp³-hybridized carbons (Fsp3) is 0.357. The first-order valence-corrected chi connectivity index (χ1v) is 5.71. The van der Waals surface area contributed by atoms with Crippen molar-refractivity contribution in [1.29, 1.82) is 0 Å². The van der Waals surface area contributed by atoms with Gasteiger partial charge in [-0.25, -0.2) is 4.79 Å². The molecular weight excluding hydrogens is 200 g/mol. The number of aryl methyl sites for hydroxylation is 1. The molecule has 0 amide bonds. The van der Waals surface area contributed by atoms with Gasteiger partial charge in [0.05, 0.1) is 5.56 Å². The fourth-order valence-electron chi connectivity index (χ4n) is 1.57. The van der Waals surface area contributed by atoms with Gasteiger partial charge < -0.3 is 5.11 Å². The maximum atomic E-state index is 10.8. The smallest absolute Gasteiger partial charge is 0.335 e. The highest BCUT2D eigenvalue weighted by Crippen LogP contribution is 2.09. The van der Waals surface area contributed by atoms with Crippen LogP contribution < -0.4 is 0 Å². The summed E-state index contributed by atoms with van der Waals surface area (Å²) in [4.78, 5) is 10.8. The van der Waals surface area contributed by atoms with Gasteiger partial charge in [-0.2, -0.15) is 0 Å². The lowest BCUT2D eigenvalue weighted by atomic mass is 10.1. The molecule has 0 aliphatic heterocycles. The van der Waals surface area contributed by atoms with Crippen LogP contribution in [0.15, 0.2) is 36.4 Å². The molecule has 1 aromatic carbocycles. The molecule has 86 valence electrons. The minimum Gasteiger partial charge on any atom is -0.478 e. The number of carboxylic acid groups (broad SMARTS) is 1. The molecule has 0 heterocycles. The van der Waals surface area contributed by atoms with Crippen LogP contribution in [0.4, 0.5) is 0 Å². The Hall–Kier alpha value is -1.57. The summed E-state index contributed by atoms with van der Waals surface area (Å²) in [5.41, 5.74) is 1.48. The number of benzene rings is 1. The lowest BCUT2D eigenvalue weighted by Crippen LogP contribution is -1.97. The van der Waals surface area contributed by atoms with Crippen LogP contribution in [0.25, 0.3) is 0 Å². The van der Waals surface area contributed by atoms with Crippen molar-refractivity contribution in [3.05, 3.63) is 47.5 Å². The predicted octanol–water partition coefficient (Wildman–Crippen LogP) is 3.67. The van der Waals surface area contributed by atoms with E-state index in [1.54, 1.807) is 18.2 Å². The molecule has 2 nitrogen and oxygen atoms in total. The summed E-state index contributed by atoms with van der Waals surface area (Å²) in [5.74, 6) is -0.854. The van der Waals surface area contributed by atoms with E-state index in [4.69, 9.17) is 5.11 Å². The van der Waals surface area contributed by atoms with Crippen molar-refractivity contribution in [1.82, 2.24) is 0 Å². The van der Waals surface area contributed by atoms with Gasteiger partial charge in [0.2, 0.25) is 0 Å². The van der Waals surface area contributed by atoms with E-state index in [1.165, 1.54) is 0 Å². The molecule has 0 aliphatic rings. The second-order valence-corrected chi connectivity index (χ2v) is 3.78. The first-order chi connectivity index (χ1) is 7.74. The van der Waals surface area contributed by atoms with Crippen LogP contribution in [0.3, 0.4) is 0 Å². The minimum absolute atomic E-state index is 0.376. The molecule has 0 aliphatic carbocycles. The van der Waals surface area contributed by atoms with Gasteiger partial charge in [-0.3, -0.25) is 0 Å². The van der Waals surface area contributed by atoms with Crippen molar-refractivity contribution in [2.45, 2.75) is 32.6 Å². The molecule has 0 saturated heterocycles. The number of hydrogen-bond donors (Lipinski definition) is 1. The fourth-order valence-corrected chi connectivity index (χ4v) is 1.57. The zero-order chi connectivity index (χ0) is 11.8. The molecule has 0 bridgehead atoms. The molecular formula is C14H18O2. The van der Waals surface area contributed by atoms with Crippen molar-refractivity contribution in [2.24, 2.45) is 0 Å². The van der Waals surface area contributed by atoms with Gasteiger partial charge in [-0.1, -0.05) is 31.2 Å². The lowest BCUT2D eigenvalue weighted by molar-refractivity contribution is 0.0697. The van der Waals surface area contributed by atoms with Crippen LogP contribution >= 0.6 is 0 Å². The van der Waals surface area contributed by atoms with Crippen molar-refractivity contribution in [3.8, 4) is 0 Å². The SMILES string of the molecule is CC/C=C/CCCc1cccc(C(=O)O)c1. The zero-order valence-corrected chi connectivity index (χ0v) is 9.65. The molecule has 0 aromatic heterocycles. The van der Waals surface area contributed by atoms with E-state index < -0.39 is 5.97 Å². The molecule has 1 rings (SSSR count). The lowest BCUT2D eigenvalue weighted by Gasteiger charge is -2.01. The highest BCUT2D eigenvalue weighted by atomic mass is 16.4. The molecule has 0 atom stereocenters. The number of hydrogen-bond acceptors (Lipinski definition) is 1. The molecule has 0 saturated carbocycles. The number of aromatic carboxylic acids is 1. The first-order valence-electron chi connectivity index (χ1n) is 5.71. The summed E-state index contributed by atoms with van der Waals surface area (Å²) in [6, 6.07) is 7.17. The summed E-state index contributed by atoms with van der Waals surface area (Å²) in [5, 5.41) is 8.84. The average Bonchev–Trinajstić information content (AvgIpc) is 2.29. The maximum Gasteiger partial charge on any atom is 0.335 e. The average molecular weight is 218 g/mol. The molecule has 1 N–H and O–H groups in total. The first kappa shape index (κ1) is 12.5. The maximum absolute atomic E-state index is 10.8. The predicted molar refractivity (Wildman–Crippen MR) is 65.8 cm³/mol. The van der Waals surface area contributed by atoms with Crippen molar-refractivity contribution in [3.63, 3.8) is 0 Å². The van der Waals surface area contributed by atoms with Crippen LogP contribution in [-0.4, -0.2) is 11.1 Å². The van der Waals surface area contributed by atoms with Crippen LogP contribution in [0.5, 0.6) is 0 Å². The van der Waals surface area contributed by atoms with Gasteiger partial charge in [0.1, 0.15) is 0 Å². The summed E-state index contributed by atoms with van der Waals surface area (Å²) >= 11 is 0. The Morgan fingerprint density at radius 2 is 2.19 bits per heavy atom. The highest BCUT2D eigenvalue weighted by Gasteiger charge is 2.02. The second-order valence-electron chi connectivity index (χ2n) is 3.78. The largest absolute Gasteiger partial charge is 0.478 e. The standard InChI is InChI=1S/C14H18O2/c1-2-3-4-5-6-8-12-9-7-10-13(11-12)14(15)16/h3-4,7,9-11H,2,5-6,8H2,1H3,(H,15,16)/b4-3+. The zero-order valence-electron chi connectivity index (χ0n) is 9.65. The Morgan fingerprint density at radius 3 is 2.88 bits per heavy atom. The van der Waals surface area contributed by atoms with E-state index in [2.05, 4.69) is 19.1 Å². The topological polar surface area (TPSA) is 37.3 Å². The third kappa shape index (κ3) is 4.30. The van der Waals surface area contributed by atoms with Crippen molar-refractivity contribution in [2.75, 3.05) is 0 Å². The van der Waals surface area contributed by atoms with Crippen LogP contribution in [0.2, 0.25) is 0 Å². The van der Waals surface area contributed by atoms with E-state index in [9.17, 15) is 4.79 Å². The highest BCUT2D eigenvalue weighted by molar-refractivity contribution is 5.87. The van der Waals surface area contributed by atoms with Gasteiger partial charge in [0, 0.05) is 0 Å². The second kappa shape index (κ2) is 6.83. The molecule has 2 heteroatoms. The van der Waals surface area contributed by atoms with Crippen LogP contribution in [-0.2, 0) is 6.42 Å². The summed E-state index contributed by atoms with van der Waals surface area (Å²) in [7, 11) is 0. The molecule has 0 unspecified atom stereocenters. The van der Waals surface area contributed by atoms with Gasteiger partial charge in [0.25, 0.3) is 0 Å². The van der Waals surface area contributed by atoms with Gasteiger partial charge in [0.15, 0.2) is 0 Å². The molecule has 0 radical (unpaired) electrons. The van der Waals surface area contributed by atoms with Crippen molar-refractivity contribution < 1.29 is 9.90 Å². The van der Waals surface area contributed by atoms with E-state index in [0.717, 1.165) is 31.2 Å². The third-order valence-electron chi connectivity index (χ3n) is 2.41. The monoisotopic (exact) mass is 218 g/mol. The van der Waals surface area contributed by atoms with E-state index >= 15 is 0 Å². The molecule has 0 spiro atoms. The Morgan fingerprint density at radius 1 is 1.38 bits per heavy atom. The van der Waals surface area contributed by atoms with E-state index in [0.29, 0.717) is 5.56 Å². The summed E-state index contributed by atoms with van der Waals surface area (Å²) < 4.78 is 0. The van der Waals surface area contributed by atoms with Gasteiger partial charge in [-0.05, 0) is 43.4 Å². The normalized spacial score (nSPS) is 10.8. The Labute approximate surface area is 96.6 Å². The Kier molecular flexibility index (Phi) is 5.34. The molecule has 16 heavy (non-hydrogen) atoms. The molecule has 1 aromatic rings. The molecule has 0 fully saturated rings. The third-order valence-corrected chi connectivity index (χ3v) is 2.41. The van der Waals surface area contributed by atoms with E-state index in [1.807, 2.05) is 6.07 Å². The summed E-state index contributed by atoms with van der Waals surface area (Å²) in [6.07, 6.45) is 8.49. The number of unbranched alkanes of at least 4 members (excludes halogenated alkanes) is 1. The summed E-state index contributed by atoms with van der Waals surface area (Å²) in [6.45, 7) is 2.12. The minimum atomic E-state index is -0.854. The van der Waals surface area contributed by atoms with Crippen LogP contribution in [0, 0.1) is 0 Å². The number of carbonyl (C=O) groups is 1. The number of carboxylic acids is 1. The van der Waals surface area contributed by atoms with Gasteiger partial charge >= 0.3 is 5.97 Å². The number of allylic oxidation sites excluding steroid dienone is 2. The number of rotatable bonds is 6. The Balaban J connectivity index is 2.45. The Bertz CT molecular complexity index is 367. The van der Waals surface area contributed by atoms with Gasteiger partial charge in [-0.15, -0.1) is 0 Å². The quantitative estimate of drug-likeness (QED) is 0.584. The van der Waals surface area contributed by atoms with Crippen molar-refractivity contribution >= 4 is 5.97 Å². The van der Waals surface area contributed by atoms with Crippen LogP contribution in [0.1, 0.15) is 42.1 Å². The van der Waals surface area contributed by atoms with E-state index in [-0.39, 0.29) is 0 Å².